The van der Waals surface area contributed by atoms with Crippen LogP contribution in [0.1, 0.15) is 23.3 Å². The van der Waals surface area contributed by atoms with Crippen LogP contribution < -0.4 is 10.2 Å². The van der Waals surface area contributed by atoms with E-state index in [1.54, 1.807) is 29.5 Å². The zero-order valence-corrected chi connectivity index (χ0v) is 16.8. The monoisotopic (exact) mass is 407 g/mol. The molecule has 6 heteroatoms. The van der Waals surface area contributed by atoms with Crippen LogP contribution in [-0.4, -0.2) is 24.0 Å². The number of pyridine rings is 1. The Morgan fingerprint density at radius 1 is 1.10 bits per heavy atom. The third-order valence-corrected chi connectivity index (χ3v) is 5.96. The third kappa shape index (κ3) is 5.09. The van der Waals surface area contributed by atoms with Gasteiger partial charge in [0.15, 0.2) is 0 Å². The van der Waals surface area contributed by atoms with Gasteiger partial charge in [-0.25, -0.2) is 9.37 Å². The molecule has 0 unspecified atom stereocenters. The number of hydrogen-bond donors (Lipinski definition) is 1. The number of carbonyl (C=O) groups is 1. The van der Waals surface area contributed by atoms with Gasteiger partial charge in [-0.15, -0.1) is 11.3 Å². The molecule has 0 saturated carbocycles. The summed E-state index contributed by atoms with van der Waals surface area (Å²) in [5.41, 5.74) is 1.94. The van der Waals surface area contributed by atoms with Crippen LogP contribution in [0.25, 0.3) is 16.5 Å². The van der Waals surface area contributed by atoms with Crippen molar-refractivity contribution < 1.29 is 9.18 Å². The van der Waals surface area contributed by atoms with Crippen LogP contribution in [0.2, 0.25) is 0 Å². The van der Waals surface area contributed by atoms with Crippen LogP contribution in [0.15, 0.2) is 60.8 Å². The quantitative estimate of drug-likeness (QED) is 0.593. The Bertz CT molecular complexity index is 990. The summed E-state index contributed by atoms with van der Waals surface area (Å²) in [4.78, 5) is 20.9. The molecule has 4 nitrogen and oxygen atoms in total. The minimum Gasteiger partial charge on any atom is -0.357 e. The van der Waals surface area contributed by atoms with E-state index in [-0.39, 0.29) is 11.7 Å². The molecule has 29 heavy (non-hydrogen) atoms. The molecule has 3 aromatic rings. The van der Waals surface area contributed by atoms with Gasteiger partial charge in [-0.3, -0.25) is 4.79 Å². The van der Waals surface area contributed by atoms with Gasteiger partial charge in [0.25, 0.3) is 0 Å². The lowest BCUT2D eigenvalue weighted by Crippen LogP contribution is -2.21. The Morgan fingerprint density at radius 3 is 2.62 bits per heavy atom. The number of benzene rings is 1. The Kier molecular flexibility index (Phi) is 6.00. The molecule has 1 amide bonds. The van der Waals surface area contributed by atoms with Gasteiger partial charge in [0, 0.05) is 41.7 Å². The summed E-state index contributed by atoms with van der Waals surface area (Å²) in [5.74, 6) is 0.612. The molecule has 1 aromatic carbocycles. The Morgan fingerprint density at radius 2 is 1.90 bits per heavy atom. The topological polar surface area (TPSA) is 45.2 Å². The van der Waals surface area contributed by atoms with Gasteiger partial charge >= 0.3 is 0 Å². The second-order valence-corrected chi connectivity index (χ2v) is 8.09. The highest BCUT2D eigenvalue weighted by atomic mass is 32.1. The van der Waals surface area contributed by atoms with Gasteiger partial charge in [-0.1, -0.05) is 18.2 Å². The maximum absolute atomic E-state index is 13.0. The van der Waals surface area contributed by atoms with Crippen molar-refractivity contribution >= 4 is 29.1 Å². The number of hydrogen-bond acceptors (Lipinski definition) is 4. The maximum atomic E-state index is 13.0. The smallest absolute Gasteiger partial charge is 0.244 e. The average Bonchev–Trinajstić information content (AvgIpc) is 3.44. The summed E-state index contributed by atoms with van der Waals surface area (Å²) in [6.07, 6.45) is 7.60. The summed E-state index contributed by atoms with van der Waals surface area (Å²) in [6.45, 7) is 2.58. The first-order valence-corrected chi connectivity index (χ1v) is 10.5. The molecule has 1 N–H and O–H groups in total. The minimum absolute atomic E-state index is 0.148. The molecule has 3 heterocycles. The lowest BCUT2D eigenvalue weighted by atomic mass is 10.2. The van der Waals surface area contributed by atoms with Crippen molar-refractivity contribution in [2.45, 2.75) is 19.4 Å². The number of carbonyl (C=O) groups excluding carboxylic acids is 1. The van der Waals surface area contributed by atoms with Gasteiger partial charge in [0.05, 0.1) is 0 Å². The number of thiophene rings is 1. The predicted octanol–water partition coefficient (Wildman–Crippen LogP) is 4.88. The van der Waals surface area contributed by atoms with E-state index in [4.69, 9.17) is 0 Å². The molecule has 1 fully saturated rings. The lowest BCUT2D eigenvalue weighted by Gasteiger charge is -2.16. The number of aromatic nitrogens is 1. The first-order chi connectivity index (χ1) is 14.2. The molecule has 1 aliphatic rings. The van der Waals surface area contributed by atoms with Crippen molar-refractivity contribution in [2.24, 2.45) is 0 Å². The summed E-state index contributed by atoms with van der Waals surface area (Å²) in [7, 11) is 0. The van der Waals surface area contributed by atoms with Crippen LogP contribution in [0.5, 0.6) is 0 Å². The van der Waals surface area contributed by atoms with E-state index in [2.05, 4.69) is 15.2 Å². The molecule has 0 radical (unpaired) electrons. The number of anilines is 1. The summed E-state index contributed by atoms with van der Waals surface area (Å²) in [5, 5.41) is 2.89. The van der Waals surface area contributed by atoms with Crippen molar-refractivity contribution in [3.63, 3.8) is 0 Å². The van der Waals surface area contributed by atoms with E-state index in [9.17, 15) is 9.18 Å². The van der Waals surface area contributed by atoms with Crippen LogP contribution in [-0.2, 0) is 11.3 Å². The molecule has 0 aliphatic carbocycles. The highest BCUT2D eigenvalue weighted by molar-refractivity contribution is 7.16. The fraction of sp³-hybridized carbons (Fsp3) is 0.217. The Hall–Kier alpha value is -2.99. The molecule has 0 atom stereocenters. The first kappa shape index (κ1) is 19.3. The molecular weight excluding hydrogens is 385 g/mol. The largest absolute Gasteiger partial charge is 0.357 e. The number of amides is 1. The molecule has 1 aliphatic heterocycles. The number of nitrogens with zero attached hydrogens (tertiary/aromatic N) is 2. The highest BCUT2D eigenvalue weighted by Crippen LogP contribution is 2.28. The molecule has 0 bridgehead atoms. The fourth-order valence-corrected chi connectivity index (χ4v) is 4.19. The molecule has 1 saturated heterocycles. The summed E-state index contributed by atoms with van der Waals surface area (Å²) < 4.78 is 13.0. The van der Waals surface area contributed by atoms with Crippen LogP contribution >= 0.6 is 11.3 Å². The van der Waals surface area contributed by atoms with Crippen LogP contribution in [0, 0.1) is 5.82 Å². The van der Waals surface area contributed by atoms with Gasteiger partial charge in [-0.05, 0) is 60.4 Å². The molecule has 2 aromatic heterocycles. The molecule has 0 spiro atoms. The molecule has 148 valence electrons. The first-order valence-electron chi connectivity index (χ1n) is 9.69. The Labute approximate surface area is 173 Å². The number of nitrogens with one attached hydrogen (secondary N) is 1. The number of halogens is 1. The van der Waals surface area contributed by atoms with Crippen LogP contribution in [0.3, 0.4) is 0 Å². The van der Waals surface area contributed by atoms with E-state index in [1.165, 1.54) is 31.1 Å². The van der Waals surface area contributed by atoms with Crippen molar-refractivity contribution in [3.8, 4) is 10.4 Å². The number of rotatable bonds is 6. The fourth-order valence-electron chi connectivity index (χ4n) is 3.27. The zero-order valence-electron chi connectivity index (χ0n) is 16.0. The second-order valence-electron chi connectivity index (χ2n) is 6.98. The maximum Gasteiger partial charge on any atom is 0.244 e. The van der Waals surface area contributed by atoms with E-state index in [0.717, 1.165) is 39.8 Å². The Balaban J connectivity index is 1.29. The molecular formula is C23H22FN3OS. The van der Waals surface area contributed by atoms with E-state index in [1.807, 2.05) is 30.5 Å². The predicted molar refractivity (Wildman–Crippen MR) is 116 cm³/mol. The molecule has 4 rings (SSSR count). The van der Waals surface area contributed by atoms with Crippen LogP contribution in [0.4, 0.5) is 10.2 Å². The van der Waals surface area contributed by atoms with Crippen molar-refractivity contribution in [1.29, 1.82) is 0 Å². The second kappa shape index (κ2) is 9.01. The van der Waals surface area contributed by atoms with E-state index < -0.39 is 0 Å². The summed E-state index contributed by atoms with van der Waals surface area (Å²) in [6, 6.07) is 14.4. The average molecular weight is 408 g/mol. The summed E-state index contributed by atoms with van der Waals surface area (Å²) >= 11 is 1.56. The third-order valence-electron chi connectivity index (χ3n) is 4.86. The lowest BCUT2D eigenvalue weighted by molar-refractivity contribution is -0.116. The van der Waals surface area contributed by atoms with E-state index >= 15 is 0 Å². The van der Waals surface area contributed by atoms with Gasteiger partial charge in [0.1, 0.15) is 11.6 Å². The highest BCUT2D eigenvalue weighted by Gasteiger charge is 2.13. The normalized spacial score (nSPS) is 13.9. The van der Waals surface area contributed by atoms with E-state index in [0.29, 0.717) is 6.54 Å². The standard InChI is InChI=1S/C23H22FN3OS/c24-19-6-4-18(5-7-19)21-10-8-20(29-21)9-12-23(28)26-16-17-3-11-22(25-15-17)27-13-1-2-14-27/h3-12,15H,1-2,13-14,16H2,(H,26,28)/b12-9+. The van der Waals surface area contributed by atoms with Gasteiger partial charge in [-0.2, -0.15) is 0 Å². The zero-order chi connectivity index (χ0) is 20.1. The van der Waals surface area contributed by atoms with Gasteiger partial charge < -0.3 is 10.2 Å². The van der Waals surface area contributed by atoms with Crippen molar-refractivity contribution in [2.75, 3.05) is 18.0 Å². The van der Waals surface area contributed by atoms with Crippen molar-refractivity contribution in [3.05, 3.63) is 77.1 Å². The van der Waals surface area contributed by atoms with Gasteiger partial charge in [0.2, 0.25) is 5.91 Å². The minimum atomic E-state index is -0.247. The SMILES string of the molecule is O=C(/C=C/c1ccc(-c2ccc(F)cc2)s1)NCc1ccc(N2CCCC2)nc1. The van der Waals surface area contributed by atoms with Crippen molar-refractivity contribution in [1.82, 2.24) is 10.3 Å².